The van der Waals surface area contributed by atoms with Crippen LogP contribution in [0.15, 0.2) is 71.8 Å². The lowest BCUT2D eigenvalue weighted by molar-refractivity contribution is -0.213. The standard InChI is InChI=1S/C35H37F3N4O7S/c1-5-47-29-18-23(10-15-28(29)48-20(2)3)34(49-33(44)35(36,37)38,42-27-14-13-26-25(21(27)4)16-17-40-31(26)39)32(43)41-19-22-8-6-7-9-30(22)50(45,46)24-11-12-24/h6-10,13-18,20,24,42H,5,11-12,19H2,1-4H3,(H2,39,40)(H,41,43). The van der Waals surface area contributed by atoms with Crippen LogP contribution in [0.1, 0.15) is 50.3 Å². The van der Waals surface area contributed by atoms with Crippen LogP contribution >= 0.6 is 0 Å². The summed E-state index contributed by atoms with van der Waals surface area (Å²) in [5, 5.41) is 5.89. The third kappa shape index (κ3) is 7.42. The first-order valence-corrected chi connectivity index (χ1v) is 17.4. The molecule has 11 nitrogen and oxygen atoms in total. The number of sulfone groups is 1. The largest absolute Gasteiger partial charge is 0.491 e. The maximum Gasteiger partial charge on any atom is 0.491 e. The lowest BCUT2D eigenvalue weighted by atomic mass is 9.97. The normalized spacial score (nSPS) is 14.6. The Hall–Kier alpha value is -5.05. The summed E-state index contributed by atoms with van der Waals surface area (Å²) < 4.78 is 85.1. The summed E-state index contributed by atoms with van der Waals surface area (Å²) in [6.45, 7) is 6.54. The van der Waals surface area contributed by atoms with Gasteiger partial charge in [0.05, 0.1) is 22.9 Å². The molecule has 0 spiro atoms. The lowest BCUT2D eigenvalue weighted by Gasteiger charge is -2.35. The molecule has 0 aliphatic heterocycles. The molecule has 1 fully saturated rings. The third-order valence-electron chi connectivity index (χ3n) is 8.05. The Labute approximate surface area is 287 Å². The number of fused-ring (bicyclic) bond motifs is 1. The number of esters is 1. The molecule has 1 aromatic heterocycles. The Bertz CT molecular complexity index is 2030. The zero-order chi connectivity index (χ0) is 36.4. The first-order chi connectivity index (χ1) is 23.6. The van der Waals surface area contributed by atoms with Gasteiger partial charge in [0, 0.05) is 29.4 Å². The molecule has 4 N–H and O–H groups in total. The number of aryl methyl sites for hydroxylation is 1. The molecular weight excluding hydrogens is 677 g/mol. The average Bonchev–Trinajstić information content (AvgIpc) is 3.92. The molecule has 1 amide bonds. The first kappa shape index (κ1) is 36.2. The van der Waals surface area contributed by atoms with Crippen LogP contribution in [0.4, 0.5) is 24.7 Å². The minimum absolute atomic E-state index is 0.0148. The second-order valence-corrected chi connectivity index (χ2v) is 14.2. The van der Waals surface area contributed by atoms with Crippen molar-refractivity contribution in [3.63, 3.8) is 0 Å². The summed E-state index contributed by atoms with van der Waals surface area (Å²) >= 11 is 0. The predicted octanol–water partition coefficient (Wildman–Crippen LogP) is 5.93. The lowest BCUT2D eigenvalue weighted by Crippen LogP contribution is -2.54. The molecule has 3 aromatic carbocycles. The molecule has 5 rings (SSSR count). The number of nitrogens with one attached hydrogen (secondary N) is 2. The van der Waals surface area contributed by atoms with Gasteiger partial charge in [-0.15, -0.1) is 0 Å². The Morgan fingerprint density at radius 2 is 1.74 bits per heavy atom. The number of anilines is 2. The minimum Gasteiger partial charge on any atom is -0.490 e. The maximum absolute atomic E-state index is 14.5. The van der Waals surface area contributed by atoms with Gasteiger partial charge < -0.3 is 30.6 Å². The van der Waals surface area contributed by atoms with Crippen molar-refractivity contribution in [2.75, 3.05) is 17.7 Å². The van der Waals surface area contributed by atoms with Crippen molar-refractivity contribution >= 4 is 44.0 Å². The van der Waals surface area contributed by atoms with Crippen LogP contribution in [-0.2, 0) is 36.4 Å². The Morgan fingerprint density at radius 3 is 2.40 bits per heavy atom. The van der Waals surface area contributed by atoms with E-state index in [2.05, 4.69) is 15.6 Å². The molecule has 1 aliphatic carbocycles. The molecular formula is C35H37F3N4O7S. The van der Waals surface area contributed by atoms with Crippen LogP contribution in [0.5, 0.6) is 11.5 Å². The first-order valence-electron chi connectivity index (χ1n) is 15.8. The van der Waals surface area contributed by atoms with Crippen LogP contribution in [0.2, 0.25) is 0 Å². The van der Waals surface area contributed by atoms with Crippen molar-refractivity contribution in [1.29, 1.82) is 0 Å². The SMILES string of the molecule is CCOc1cc(C(Nc2ccc3c(N)nccc3c2C)(OC(=O)C(F)(F)F)C(=O)NCc2ccccc2S(=O)(=O)C2CC2)ccc1OC(C)C. The molecule has 50 heavy (non-hydrogen) atoms. The Balaban J connectivity index is 1.69. The summed E-state index contributed by atoms with van der Waals surface area (Å²) in [5.74, 6) is -3.40. The van der Waals surface area contributed by atoms with Gasteiger partial charge in [0.2, 0.25) is 0 Å². The number of nitrogen functional groups attached to an aromatic ring is 1. The monoisotopic (exact) mass is 714 g/mol. The summed E-state index contributed by atoms with van der Waals surface area (Å²) in [7, 11) is -3.72. The van der Waals surface area contributed by atoms with Gasteiger partial charge in [0.25, 0.3) is 11.6 Å². The predicted molar refractivity (Wildman–Crippen MR) is 180 cm³/mol. The number of nitrogens with two attached hydrogens (primary N) is 1. The molecule has 0 bridgehead atoms. The summed E-state index contributed by atoms with van der Waals surface area (Å²) in [5.41, 5.74) is 3.67. The number of carbonyl (C=O) groups excluding carboxylic acids is 2. The van der Waals surface area contributed by atoms with Gasteiger partial charge in [-0.2, -0.15) is 13.2 Å². The van der Waals surface area contributed by atoms with Gasteiger partial charge in [0.15, 0.2) is 21.3 Å². The number of ether oxygens (including phenoxy) is 3. The van der Waals surface area contributed by atoms with Gasteiger partial charge in [-0.25, -0.2) is 18.2 Å². The van der Waals surface area contributed by atoms with Crippen LogP contribution < -0.4 is 25.8 Å². The van der Waals surface area contributed by atoms with Crippen molar-refractivity contribution < 1.29 is 45.4 Å². The molecule has 1 saturated carbocycles. The maximum atomic E-state index is 14.5. The zero-order valence-electron chi connectivity index (χ0n) is 27.8. The highest BCUT2D eigenvalue weighted by Crippen LogP contribution is 2.40. The van der Waals surface area contributed by atoms with Gasteiger partial charge in [-0.05, 0) is 99.5 Å². The molecule has 1 atom stereocenters. The number of rotatable bonds is 13. The fraction of sp³-hybridized carbons (Fsp3) is 0.343. The molecule has 0 saturated heterocycles. The average molecular weight is 715 g/mol. The quantitative estimate of drug-likeness (QED) is 0.112. The second-order valence-electron chi connectivity index (χ2n) is 12.0. The van der Waals surface area contributed by atoms with E-state index in [-0.39, 0.29) is 51.7 Å². The van der Waals surface area contributed by atoms with E-state index in [1.807, 2.05) is 0 Å². The number of halogens is 3. The van der Waals surface area contributed by atoms with E-state index in [0.29, 0.717) is 29.2 Å². The number of benzene rings is 3. The van der Waals surface area contributed by atoms with Crippen molar-refractivity contribution in [3.8, 4) is 11.5 Å². The van der Waals surface area contributed by atoms with Crippen molar-refractivity contribution in [2.24, 2.45) is 0 Å². The highest BCUT2D eigenvalue weighted by molar-refractivity contribution is 7.92. The van der Waals surface area contributed by atoms with Gasteiger partial charge in [-0.1, -0.05) is 18.2 Å². The number of aromatic nitrogens is 1. The van der Waals surface area contributed by atoms with Crippen LogP contribution in [0.3, 0.4) is 0 Å². The van der Waals surface area contributed by atoms with Crippen molar-refractivity contribution in [1.82, 2.24) is 10.3 Å². The highest BCUT2D eigenvalue weighted by Gasteiger charge is 2.52. The number of alkyl halides is 3. The van der Waals surface area contributed by atoms with E-state index in [1.165, 1.54) is 42.6 Å². The van der Waals surface area contributed by atoms with Crippen LogP contribution in [0.25, 0.3) is 10.8 Å². The summed E-state index contributed by atoms with van der Waals surface area (Å²) in [6, 6.07) is 14.6. The molecule has 4 aromatic rings. The van der Waals surface area contributed by atoms with Crippen molar-refractivity contribution in [2.45, 2.75) is 75.2 Å². The second kappa shape index (κ2) is 14.1. The fourth-order valence-corrected chi connectivity index (χ4v) is 7.36. The summed E-state index contributed by atoms with van der Waals surface area (Å²) in [4.78, 5) is 31.3. The molecule has 0 radical (unpaired) electrons. The van der Waals surface area contributed by atoms with Crippen LogP contribution in [0, 0.1) is 6.92 Å². The number of amides is 1. The van der Waals surface area contributed by atoms with E-state index in [0.717, 1.165) is 0 Å². The highest BCUT2D eigenvalue weighted by atomic mass is 32.2. The fourth-order valence-electron chi connectivity index (χ4n) is 5.47. The van der Waals surface area contributed by atoms with E-state index in [4.69, 9.17) is 19.9 Å². The minimum atomic E-state index is -5.51. The number of carbonyl (C=O) groups is 2. The van der Waals surface area contributed by atoms with Gasteiger partial charge >= 0.3 is 12.1 Å². The molecule has 1 aliphatic rings. The number of hydrogen-bond acceptors (Lipinski definition) is 10. The van der Waals surface area contributed by atoms with E-state index in [1.54, 1.807) is 52.0 Å². The smallest absolute Gasteiger partial charge is 0.490 e. The molecule has 266 valence electrons. The number of nitrogens with zero attached hydrogens (tertiary/aromatic N) is 1. The summed E-state index contributed by atoms with van der Waals surface area (Å²) in [6.07, 6.45) is -3.39. The van der Waals surface area contributed by atoms with E-state index in [9.17, 15) is 31.2 Å². The third-order valence-corrected chi connectivity index (χ3v) is 10.4. The topological polar surface area (TPSA) is 159 Å². The molecule has 15 heteroatoms. The van der Waals surface area contributed by atoms with Crippen LogP contribution in [-0.4, -0.2) is 49.4 Å². The van der Waals surface area contributed by atoms with E-state index < -0.39 is 45.4 Å². The Kier molecular flexibility index (Phi) is 10.2. The number of hydrogen-bond donors (Lipinski definition) is 3. The zero-order valence-corrected chi connectivity index (χ0v) is 28.6. The molecule has 1 unspecified atom stereocenters. The number of pyridine rings is 1. The Morgan fingerprint density at radius 1 is 1.02 bits per heavy atom. The molecule has 1 heterocycles. The van der Waals surface area contributed by atoms with Gasteiger partial charge in [-0.3, -0.25) is 4.79 Å². The van der Waals surface area contributed by atoms with E-state index >= 15 is 0 Å². The van der Waals surface area contributed by atoms with Crippen molar-refractivity contribution in [3.05, 3.63) is 83.6 Å². The van der Waals surface area contributed by atoms with Gasteiger partial charge in [0.1, 0.15) is 5.82 Å².